The highest BCUT2D eigenvalue weighted by atomic mass is 16.1. The number of carbonyl (C=O) groups excluding carboxylic acids is 1. The van der Waals surface area contributed by atoms with E-state index in [9.17, 15) is 4.79 Å². The summed E-state index contributed by atoms with van der Waals surface area (Å²) in [6, 6.07) is 5.73. The summed E-state index contributed by atoms with van der Waals surface area (Å²) >= 11 is 0. The maximum Gasteiger partial charge on any atom is 0.137 e. The number of aromatic nitrogens is 3. The quantitative estimate of drug-likeness (QED) is 0.770. The van der Waals surface area contributed by atoms with Gasteiger partial charge in [0.2, 0.25) is 0 Å². The summed E-state index contributed by atoms with van der Waals surface area (Å²) in [5, 5.41) is 0. The van der Waals surface area contributed by atoms with Crippen LogP contribution in [0.3, 0.4) is 0 Å². The van der Waals surface area contributed by atoms with E-state index in [2.05, 4.69) is 16.9 Å². The van der Waals surface area contributed by atoms with Crippen molar-refractivity contribution in [3.8, 4) is 5.82 Å². The molecule has 1 aliphatic carbocycles. The molecule has 4 heteroatoms. The molecule has 0 radical (unpaired) electrons. The molecular weight excluding hydrogens is 226 g/mol. The SMILES string of the molecule is CCC1CC1(C=O)c1cn(-c2ccccn2)cn1. The van der Waals surface area contributed by atoms with Gasteiger partial charge >= 0.3 is 0 Å². The van der Waals surface area contributed by atoms with Gasteiger partial charge in [0.15, 0.2) is 0 Å². The zero-order valence-corrected chi connectivity index (χ0v) is 10.3. The van der Waals surface area contributed by atoms with Gasteiger partial charge in [-0.1, -0.05) is 19.4 Å². The second-order valence-electron chi connectivity index (χ2n) is 4.82. The van der Waals surface area contributed by atoms with Crippen molar-refractivity contribution in [1.82, 2.24) is 14.5 Å². The maximum atomic E-state index is 11.3. The molecule has 0 spiro atoms. The number of rotatable bonds is 4. The smallest absolute Gasteiger partial charge is 0.137 e. The van der Waals surface area contributed by atoms with E-state index in [1.807, 2.05) is 29.0 Å². The molecule has 1 aliphatic rings. The first kappa shape index (κ1) is 11.1. The third-order valence-corrected chi connectivity index (χ3v) is 3.83. The van der Waals surface area contributed by atoms with Crippen molar-refractivity contribution in [2.75, 3.05) is 0 Å². The number of hydrogen-bond acceptors (Lipinski definition) is 3. The second-order valence-corrected chi connectivity index (χ2v) is 4.82. The fourth-order valence-electron chi connectivity index (χ4n) is 2.57. The Balaban J connectivity index is 1.93. The van der Waals surface area contributed by atoms with Gasteiger partial charge in [-0.15, -0.1) is 0 Å². The van der Waals surface area contributed by atoms with Gasteiger partial charge in [0, 0.05) is 12.4 Å². The highest BCUT2D eigenvalue weighted by Crippen LogP contribution is 2.53. The second kappa shape index (κ2) is 4.05. The minimum Gasteiger partial charge on any atom is -0.302 e. The van der Waals surface area contributed by atoms with Crippen molar-refractivity contribution in [3.63, 3.8) is 0 Å². The normalized spacial score (nSPS) is 25.9. The lowest BCUT2D eigenvalue weighted by molar-refractivity contribution is -0.110. The average Bonchev–Trinajstić information content (AvgIpc) is 2.96. The average molecular weight is 241 g/mol. The molecule has 0 amide bonds. The van der Waals surface area contributed by atoms with Crippen LogP contribution in [0.15, 0.2) is 36.9 Å². The van der Waals surface area contributed by atoms with Crippen LogP contribution in [0.1, 0.15) is 25.5 Å². The zero-order valence-electron chi connectivity index (χ0n) is 10.3. The topological polar surface area (TPSA) is 47.8 Å². The molecule has 2 heterocycles. The molecule has 0 aromatic carbocycles. The van der Waals surface area contributed by atoms with Crippen molar-refractivity contribution in [2.24, 2.45) is 5.92 Å². The van der Waals surface area contributed by atoms with Gasteiger partial charge < -0.3 is 4.79 Å². The van der Waals surface area contributed by atoms with E-state index >= 15 is 0 Å². The monoisotopic (exact) mass is 241 g/mol. The minimum atomic E-state index is -0.339. The molecule has 1 fully saturated rings. The van der Waals surface area contributed by atoms with Crippen LogP contribution in [0, 0.1) is 5.92 Å². The van der Waals surface area contributed by atoms with E-state index < -0.39 is 0 Å². The van der Waals surface area contributed by atoms with E-state index in [0.717, 1.165) is 30.6 Å². The fraction of sp³-hybridized carbons (Fsp3) is 0.357. The Morgan fingerprint density at radius 1 is 1.50 bits per heavy atom. The van der Waals surface area contributed by atoms with Crippen LogP contribution in [0.5, 0.6) is 0 Å². The van der Waals surface area contributed by atoms with Crippen LogP contribution in [0.4, 0.5) is 0 Å². The fourth-order valence-corrected chi connectivity index (χ4v) is 2.57. The van der Waals surface area contributed by atoms with E-state index in [1.54, 1.807) is 12.5 Å². The maximum absolute atomic E-state index is 11.3. The van der Waals surface area contributed by atoms with Crippen LogP contribution in [-0.2, 0) is 10.2 Å². The van der Waals surface area contributed by atoms with Crippen molar-refractivity contribution in [3.05, 3.63) is 42.6 Å². The van der Waals surface area contributed by atoms with E-state index in [1.165, 1.54) is 0 Å². The molecule has 2 unspecified atom stereocenters. The van der Waals surface area contributed by atoms with Crippen molar-refractivity contribution in [1.29, 1.82) is 0 Å². The minimum absolute atomic E-state index is 0.339. The number of imidazole rings is 1. The largest absolute Gasteiger partial charge is 0.302 e. The first-order valence-electron chi connectivity index (χ1n) is 6.22. The third kappa shape index (κ3) is 1.56. The zero-order chi connectivity index (χ0) is 12.6. The third-order valence-electron chi connectivity index (χ3n) is 3.83. The Morgan fingerprint density at radius 3 is 3.00 bits per heavy atom. The predicted octanol–water partition coefficient (Wildman–Crippen LogP) is 2.13. The lowest BCUT2D eigenvalue weighted by Gasteiger charge is -2.04. The summed E-state index contributed by atoms with van der Waals surface area (Å²) in [5.41, 5.74) is 0.532. The van der Waals surface area contributed by atoms with E-state index in [4.69, 9.17) is 0 Å². The summed E-state index contributed by atoms with van der Waals surface area (Å²) in [4.78, 5) is 20.0. The Labute approximate surface area is 106 Å². The van der Waals surface area contributed by atoms with Crippen molar-refractivity contribution >= 4 is 6.29 Å². The summed E-state index contributed by atoms with van der Waals surface area (Å²) < 4.78 is 1.87. The molecule has 0 bridgehead atoms. The molecule has 3 rings (SSSR count). The molecule has 4 nitrogen and oxygen atoms in total. The van der Waals surface area contributed by atoms with Gasteiger partial charge in [0.25, 0.3) is 0 Å². The number of nitrogens with zero attached hydrogens (tertiary/aromatic N) is 3. The van der Waals surface area contributed by atoms with Crippen LogP contribution >= 0.6 is 0 Å². The Hall–Kier alpha value is -1.97. The Bertz CT molecular complexity index is 563. The van der Waals surface area contributed by atoms with Crippen LogP contribution in [0.25, 0.3) is 5.82 Å². The van der Waals surface area contributed by atoms with E-state index in [0.29, 0.717) is 5.92 Å². The number of pyridine rings is 1. The predicted molar refractivity (Wildman–Crippen MR) is 67.5 cm³/mol. The molecular formula is C14H15N3O. The first-order chi connectivity index (χ1) is 8.80. The summed E-state index contributed by atoms with van der Waals surface area (Å²) in [6.45, 7) is 2.12. The molecule has 2 aromatic rings. The van der Waals surface area contributed by atoms with Gasteiger partial charge in [0.1, 0.15) is 18.4 Å². The lowest BCUT2D eigenvalue weighted by Crippen LogP contribution is -2.12. The van der Waals surface area contributed by atoms with E-state index in [-0.39, 0.29) is 5.41 Å². The Kier molecular flexibility index (Phi) is 2.51. The molecule has 92 valence electrons. The molecule has 0 aliphatic heterocycles. The van der Waals surface area contributed by atoms with Crippen molar-refractivity contribution in [2.45, 2.75) is 25.2 Å². The van der Waals surface area contributed by atoms with Crippen LogP contribution < -0.4 is 0 Å². The highest BCUT2D eigenvalue weighted by Gasteiger charge is 2.55. The summed E-state index contributed by atoms with van der Waals surface area (Å²) in [7, 11) is 0. The van der Waals surface area contributed by atoms with Crippen LogP contribution in [-0.4, -0.2) is 20.8 Å². The van der Waals surface area contributed by atoms with Gasteiger partial charge in [-0.05, 0) is 24.5 Å². The van der Waals surface area contributed by atoms with Gasteiger partial charge in [-0.2, -0.15) is 0 Å². The molecule has 0 N–H and O–H groups in total. The molecule has 0 saturated heterocycles. The number of hydrogen-bond donors (Lipinski definition) is 0. The first-order valence-corrected chi connectivity index (χ1v) is 6.22. The van der Waals surface area contributed by atoms with Gasteiger partial charge in [-0.25, -0.2) is 9.97 Å². The summed E-state index contributed by atoms with van der Waals surface area (Å²) in [6.07, 6.45) is 8.41. The Morgan fingerprint density at radius 2 is 2.39 bits per heavy atom. The molecule has 18 heavy (non-hydrogen) atoms. The molecule has 1 saturated carbocycles. The number of carbonyl (C=O) groups is 1. The number of aldehydes is 1. The van der Waals surface area contributed by atoms with Gasteiger partial charge in [-0.3, -0.25) is 4.57 Å². The van der Waals surface area contributed by atoms with Crippen LogP contribution in [0.2, 0.25) is 0 Å². The summed E-state index contributed by atoms with van der Waals surface area (Å²) in [5.74, 6) is 1.27. The highest BCUT2D eigenvalue weighted by molar-refractivity contribution is 5.73. The lowest BCUT2D eigenvalue weighted by atomic mass is 10.0. The van der Waals surface area contributed by atoms with Gasteiger partial charge in [0.05, 0.1) is 11.1 Å². The standard InChI is InChI=1S/C14H15N3O/c1-2-11-7-14(11,9-18)12-8-17(10-16-12)13-5-3-4-6-15-13/h3-6,8-11H,2,7H2,1H3. The molecule has 2 aromatic heterocycles. The van der Waals surface area contributed by atoms with Crippen molar-refractivity contribution < 1.29 is 4.79 Å². The molecule has 2 atom stereocenters.